The third-order valence-corrected chi connectivity index (χ3v) is 3.95. The average molecular weight is 304 g/mol. The minimum atomic E-state index is -0.142. The van der Waals surface area contributed by atoms with Crippen LogP contribution in [0.5, 0.6) is 5.75 Å². The minimum absolute atomic E-state index is 0.0348. The van der Waals surface area contributed by atoms with Gasteiger partial charge in [0.15, 0.2) is 0 Å². The van der Waals surface area contributed by atoms with E-state index in [1.807, 2.05) is 13.8 Å². The van der Waals surface area contributed by atoms with Crippen LogP contribution in [-0.2, 0) is 4.79 Å². The maximum absolute atomic E-state index is 12.3. The molecular formula is C17H24N2O3. The van der Waals surface area contributed by atoms with Crippen LogP contribution < -0.4 is 15.4 Å². The van der Waals surface area contributed by atoms with E-state index >= 15 is 0 Å². The van der Waals surface area contributed by atoms with E-state index in [0.717, 1.165) is 19.3 Å². The Balaban J connectivity index is 1.98. The van der Waals surface area contributed by atoms with E-state index < -0.39 is 0 Å². The Labute approximate surface area is 131 Å². The fraction of sp³-hybridized carbons (Fsp3) is 0.529. The van der Waals surface area contributed by atoms with Crippen molar-refractivity contribution in [3.63, 3.8) is 0 Å². The third kappa shape index (κ3) is 4.00. The van der Waals surface area contributed by atoms with Crippen LogP contribution in [0, 0.1) is 5.92 Å². The summed E-state index contributed by atoms with van der Waals surface area (Å²) in [5.41, 5.74) is 0.579. The summed E-state index contributed by atoms with van der Waals surface area (Å²) in [5, 5.41) is 5.93. The van der Waals surface area contributed by atoms with E-state index in [1.54, 1.807) is 31.4 Å². The molecule has 5 nitrogen and oxygen atoms in total. The summed E-state index contributed by atoms with van der Waals surface area (Å²) in [5.74, 6) is 0.473. The molecule has 22 heavy (non-hydrogen) atoms. The van der Waals surface area contributed by atoms with Gasteiger partial charge in [0.2, 0.25) is 5.91 Å². The van der Waals surface area contributed by atoms with E-state index in [0.29, 0.717) is 11.3 Å². The molecule has 1 aromatic rings. The van der Waals surface area contributed by atoms with E-state index in [9.17, 15) is 9.59 Å². The number of hydrogen-bond donors (Lipinski definition) is 2. The fourth-order valence-corrected chi connectivity index (χ4v) is 2.83. The molecular weight excluding hydrogens is 280 g/mol. The van der Waals surface area contributed by atoms with Gasteiger partial charge in [0.05, 0.1) is 13.0 Å². The summed E-state index contributed by atoms with van der Waals surface area (Å²) >= 11 is 0. The second-order valence-electron chi connectivity index (χ2n) is 6.01. The number of rotatable bonds is 5. The Bertz CT molecular complexity index is 525. The first-order valence-corrected chi connectivity index (χ1v) is 7.76. The van der Waals surface area contributed by atoms with Gasteiger partial charge in [0.25, 0.3) is 5.91 Å². The molecule has 1 aromatic carbocycles. The van der Waals surface area contributed by atoms with Crippen LogP contribution in [0.1, 0.15) is 43.5 Å². The highest BCUT2D eigenvalue weighted by Gasteiger charge is 2.34. The lowest BCUT2D eigenvalue weighted by molar-refractivity contribution is -0.125. The highest BCUT2D eigenvalue weighted by molar-refractivity contribution is 5.95. The summed E-state index contributed by atoms with van der Waals surface area (Å²) in [7, 11) is 1.59. The predicted molar refractivity (Wildman–Crippen MR) is 84.9 cm³/mol. The van der Waals surface area contributed by atoms with Gasteiger partial charge in [0.1, 0.15) is 5.75 Å². The van der Waals surface area contributed by atoms with Gasteiger partial charge in [-0.05, 0) is 51.0 Å². The Kier molecular flexibility index (Phi) is 5.41. The lowest BCUT2D eigenvalue weighted by atomic mass is 10.0. The summed E-state index contributed by atoms with van der Waals surface area (Å²) in [4.78, 5) is 24.5. The normalized spacial score (nSPS) is 20.7. The maximum atomic E-state index is 12.3. The molecule has 120 valence electrons. The van der Waals surface area contributed by atoms with Crippen LogP contribution in [0.25, 0.3) is 0 Å². The number of amides is 2. The van der Waals surface area contributed by atoms with Gasteiger partial charge >= 0.3 is 0 Å². The summed E-state index contributed by atoms with van der Waals surface area (Å²) < 4.78 is 5.08. The number of carbonyl (C=O) groups is 2. The van der Waals surface area contributed by atoms with E-state index in [-0.39, 0.29) is 29.8 Å². The van der Waals surface area contributed by atoms with Gasteiger partial charge in [-0.15, -0.1) is 0 Å². The predicted octanol–water partition coefficient (Wildman–Crippen LogP) is 2.12. The Hall–Kier alpha value is -2.04. The van der Waals surface area contributed by atoms with E-state index in [1.165, 1.54) is 0 Å². The Morgan fingerprint density at radius 3 is 2.45 bits per heavy atom. The lowest BCUT2D eigenvalue weighted by Gasteiger charge is -2.21. The summed E-state index contributed by atoms with van der Waals surface area (Å²) in [6.07, 6.45) is 2.63. The van der Waals surface area contributed by atoms with Crippen molar-refractivity contribution < 1.29 is 14.3 Å². The van der Waals surface area contributed by atoms with Gasteiger partial charge < -0.3 is 15.4 Å². The second-order valence-corrected chi connectivity index (χ2v) is 6.01. The zero-order chi connectivity index (χ0) is 16.1. The molecule has 1 aliphatic carbocycles. The molecule has 2 atom stereocenters. The number of hydrogen-bond acceptors (Lipinski definition) is 3. The van der Waals surface area contributed by atoms with Crippen molar-refractivity contribution in [3.8, 4) is 5.75 Å². The summed E-state index contributed by atoms with van der Waals surface area (Å²) in [6.45, 7) is 3.88. The first-order valence-electron chi connectivity index (χ1n) is 7.76. The van der Waals surface area contributed by atoms with E-state index in [4.69, 9.17) is 4.74 Å². The van der Waals surface area contributed by atoms with Crippen molar-refractivity contribution in [1.82, 2.24) is 10.6 Å². The molecule has 2 amide bonds. The molecule has 5 heteroatoms. The molecule has 1 saturated carbocycles. The van der Waals surface area contributed by atoms with Gasteiger partial charge in [-0.25, -0.2) is 0 Å². The van der Waals surface area contributed by atoms with Gasteiger partial charge in [-0.3, -0.25) is 9.59 Å². The first-order chi connectivity index (χ1) is 10.5. The molecule has 0 aromatic heterocycles. The highest BCUT2D eigenvalue weighted by atomic mass is 16.5. The number of ether oxygens (including phenoxy) is 1. The second kappa shape index (κ2) is 7.29. The number of nitrogens with one attached hydrogen (secondary N) is 2. The highest BCUT2D eigenvalue weighted by Crippen LogP contribution is 2.26. The largest absolute Gasteiger partial charge is 0.497 e. The van der Waals surface area contributed by atoms with Crippen LogP contribution in [0.2, 0.25) is 0 Å². The third-order valence-electron chi connectivity index (χ3n) is 3.95. The van der Waals surface area contributed by atoms with Gasteiger partial charge in [0, 0.05) is 17.6 Å². The topological polar surface area (TPSA) is 67.4 Å². The van der Waals surface area contributed by atoms with Crippen LogP contribution in [0.3, 0.4) is 0 Å². The quantitative estimate of drug-likeness (QED) is 0.875. The monoisotopic (exact) mass is 304 g/mol. The SMILES string of the molecule is COc1ccc(C(=O)N[C@@H]2CCC[C@@H]2C(=O)NC(C)C)cc1. The Morgan fingerprint density at radius 2 is 1.86 bits per heavy atom. The van der Waals surface area contributed by atoms with Crippen molar-refractivity contribution in [1.29, 1.82) is 0 Å². The zero-order valence-corrected chi connectivity index (χ0v) is 13.4. The molecule has 0 aliphatic heterocycles. The summed E-state index contributed by atoms with van der Waals surface area (Å²) in [6, 6.07) is 7.00. The molecule has 1 fully saturated rings. The number of benzene rings is 1. The molecule has 0 heterocycles. The Morgan fingerprint density at radius 1 is 1.18 bits per heavy atom. The lowest BCUT2D eigenvalue weighted by Crippen LogP contribution is -2.45. The molecule has 0 unspecified atom stereocenters. The van der Waals surface area contributed by atoms with Gasteiger partial charge in [-0.2, -0.15) is 0 Å². The van der Waals surface area contributed by atoms with Crippen LogP contribution in [-0.4, -0.2) is 31.0 Å². The fourth-order valence-electron chi connectivity index (χ4n) is 2.83. The van der Waals surface area contributed by atoms with Crippen molar-refractivity contribution in [2.75, 3.05) is 7.11 Å². The van der Waals surface area contributed by atoms with Crippen molar-refractivity contribution >= 4 is 11.8 Å². The maximum Gasteiger partial charge on any atom is 0.251 e. The molecule has 2 rings (SSSR count). The first kappa shape index (κ1) is 16.3. The number of methoxy groups -OCH3 is 1. The smallest absolute Gasteiger partial charge is 0.251 e. The van der Waals surface area contributed by atoms with Crippen LogP contribution >= 0.6 is 0 Å². The molecule has 0 spiro atoms. The molecule has 0 radical (unpaired) electrons. The average Bonchev–Trinajstić information content (AvgIpc) is 2.95. The van der Waals surface area contributed by atoms with Crippen molar-refractivity contribution in [3.05, 3.63) is 29.8 Å². The molecule has 1 aliphatic rings. The van der Waals surface area contributed by atoms with Gasteiger partial charge in [-0.1, -0.05) is 6.42 Å². The standard InChI is InChI=1S/C17H24N2O3/c1-11(2)18-17(21)14-5-4-6-15(14)19-16(20)12-7-9-13(22-3)10-8-12/h7-11,14-15H,4-6H2,1-3H3,(H,18,21)(H,19,20)/t14-,15+/m0/s1. The molecule has 2 N–H and O–H groups in total. The van der Waals surface area contributed by atoms with Crippen LogP contribution in [0.15, 0.2) is 24.3 Å². The molecule has 0 saturated heterocycles. The zero-order valence-electron chi connectivity index (χ0n) is 13.4. The number of carbonyl (C=O) groups excluding carboxylic acids is 2. The minimum Gasteiger partial charge on any atom is -0.497 e. The van der Waals surface area contributed by atoms with Crippen molar-refractivity contribution in [2.24, 2.45) is 5.92 Å². The molecule has 0 bridgehead atoms. The van der Waals surface area contributed by atoms with Crippen LogP contribution in [0.4, 0.5) is 0 Å². The van der Waals surface area contributed by atoms with Crippen molar-refractivity contribution in [2.45, 2.75) is 45.2 Å². The van der Waals surface area contributed by atoms with E-state index in [2.05, 4.69) is 10.6 Å².